The van der Waals surface area contributed by atoms with Gasteiger partial charge in [-0.05, 0) is 69.2 Å². The van der Waals surface area contributed by atoms with Crippen molar-refractivity contribution in [3.05, 3.63) is 65.2 Å². The third-order valence-electron chi connectivity index (χ3n) is 4.70. The summed E-state index contributed by atoms with van der Waals surface area (Å²) >= 11 is 7.63. The predicted molar refractivity (Wildman–Crippen MR) is 126 cm³/mol. The summed E-state index contributed by atoms with van der Waals surface area (Å²) < 4.78 is 0. The zero-order valence-corrected chi connectivity index (χ0v) is 19.5. The van der Waals surface area contributed by atoms with Gasteiger partial charge in [-0.25, -0.2) is 0 Å². The number of nitrogens with one attached hydrogen (secondary N) is 1. The lowest BCUT2D eigenvalue weighted by molar-refractivity contribution is -0.140. The summed E-state index contributed by atoms with van der Waals surface area (Å²) in [5.41, 5.74) is 1.16. The number of hydrogen-bond donors (Lipinski definition) is 1. The minimum Gasteiger partial charge on any atom is -0.352 e. The molecule has 0 saturated heterocycles. The Balaban J connectivity index is 1.92. The smallest absolute Gasteiger partial charge is 0.242 e. The third kappa shape index (κ3) is 8.41. The monoisotopic (exact) mass is 446 g/mol. The molecular formula is C24H31ClN2O2S. The fraction of sp³-hybridized carbons (Fsp3) is 0.417. The molecule has 0 radical (unpaired) electrons. The molecule has 1 N–H and O–H groups in total. The molecule has 0 bridgehead atoms. The third-order valence-corrected chi connectivity index (χ3v) is 6.05. The van der Waals surface area contributed by atoms with E-state index in [1.165, 1.54) is 0 Å². The number of benzene rings is 2. The predicted octanol–water partition coefficient (Wildman–Crippen LogP) is 5.20. The van der Waals surface area contributed by atoms with Crippen LogP contribution in [0.1, 0.15) is 39.2 Å². The van der Waals surface area contributed by atoms with E-state index in [-0.39, 0.29) is 17.9 Å². The van der Waals surface area contributed by atoms with Crippen molar-refractivity contribution >= 4 is 35.2 Å². The second-order valence-electron chi connectivity index (χ2n) is 7.57. The number of halogens is 1. The number of rotatable bonds is 11. The minimum absolute atomic E-state index is 0.0223. The lowest BCUT2D eigenvalue weighted by atomic mass is 10.1. The van der Waals surface area contributed by atoms with Crippen molar-refractivity contribution in [2.24, 2.45) is 0 Å². The Kier molecular flexibility index (Phi) is 10.2. The van der Waals surface area contributed by atoms with Gasteiger partial charge in [0.1, 0.15) is 6.04 Å². The number of nitrogens with zero attached hydrogens (tertiary/aromatic N) is 1. The summed E-state index contributed by atoms with van der Waals surface area (Å²) in [5.74, 6) is 0.753. The van der Waals surface area contributed by atoms with E-state index in [1.54, 1.807) is 16.7 Å². The number of amides is 2. The molecule has 1 atom stereocenters. The summed E-state index contributed by atoms with van der Waals surface area (Å²) in [7, 11) is 0. The van der Waals surface area contributed by atoms with Gasteiger partial charge >= 0.3 is 0 Å². The zero-order chi connectivity index (χ0) is 21.9. The Hall–Kier alpha value is -1.98. The Morgan fingerprint density at radius 2 is 1.70 bits per heavy atom. The van der Waals surface area contributed by atoms with Crippen LogP contribution in [-0.4, -0.2) is 41.1 Å². The Morgan fingerprint density at radius 3 is 2.33 bits per heavy atom. The summed E-state index contributed by atoms with van der Waals surface area (Å²) in [6.07, 6.45) is 1.91. The molecule has 0 aromatic heterocycles. The van der Waals surface area contributed by atoms with Gasteiger partial charge in [0.25, 0.3) is 0 Å². The van der Waals surface area contributed by atoms with Crippen molar-refractivity contribution in [2.75, 3.05) is 12.3 Å². The lowest BCUT2D eigenvalue weighted by Gasteiger charge is -2.29. The lowest BCUT2D eigenvalue weighted by Crippen LogP contribution is -2.50. The topological polar surface area (TPSA) is 49.4 Å². The highest BCUT2D eigenvalue weighted by Crippen LogP contribution is 2.21. The Labute approximate surface area is 189 Å². The maximum Gasteiger partial charge on any atom is 0.242 e. The van der Waals surface area contributed by atoms with Crippen LogP contribution < -0.4 is 5.32 Å². The van der Waals surface area contributed by atoms with E-state index in [1.807, 2.05) is 75.4 Å². The average molecular weight is 447 g/mol. The minimum atomic E-state index is -0.493. The van der Waals surface area contributed by atoms with Crippen molar-refractivity contribution in [1.82, 2.24) is 10.2 Å². The largest absolute Gasteiger partial charge is 0.352 e. The highest BCUT2D eigenvalue weighted by atomic mass is 35.5. The number of hydrogen-bond acceptors (Lipinski definition) is 3. The summed E-state index contributed by atoms with van der Waals surface area (Å²) in [6.45, 7) is 6.19. The van der Waals surface area contributed by atoms with Crippen LogP contribution in [0.15, 0.2) is 59.5 Å². The normalized spacial score (nSPS) is 11.9. The maximum atomic E-state index is 13.0. The molecule has 0 aliphatic carbocycles. The first-order valence-electron chi connectivity index (χ1n) is 10.4. The van der Waals surface area contributed by atoms with Crippen LogP contribution in [-0.2, 0) is 16.0 Å². The molecule has 0 unspecified atom stereocenters. The van der Waals surface area contributed by atoms with Crippen LogP contribution in [0.3, 0.4) is 0 Å². The van der Waals surface area contributed by atoms with E-state index in [0.29, 0.717) is 13.0 Å². The number of carbonyl (C=O) groups is 2. The second-order valence-corrected chi connectivity index (χ2v) is 9.17. The van der Waals surface area contributed by atoms with Gasteiger partial charge in [0.2, 0.25) is 11.8 Å². The maximum absolute atomic E-state index is 13.0. The van der Waals surface area contributed by atoms with Gasteiger partial charge in [0.05, 0.1) is 0 Å². The molecule has 0 aliphatic heterocycles. The van der Waals surface area contributed by atoms with E-state index < -0.39 is 6.04 Å². The molecule has 4 nitrogen and oxygen atoms in total. The zero-order valence-electron chi connectivity index (χ0n) is 17.9. The van der Waals surface area contributed by atoms with Crippen LogP contribution in [0.4, 0.5) is 0 Å². The molecule has 2 aromatic carbocycles. The molecule has 162 valence electrons. The first kappa shape index (κ1) is 24.3. The summed E-state index contributed by atoms with van der Waals surface area (Å²) in [4.78, 5) is 28.4. The van der Waals surface area contributed by atoms with Gasteiger partial charge in [0, 0.05) is 28.9 Å². The van der Waals surface area contributed by atoms with Gasteiger partial charge in [-0.1, -0.05) is 41.9 Å². The van der Waals surface area contributed by atoms with E-state index in [2.05, 4.69) is 5.32 Å². The first-order chi connectivity index (χ1) is 14.4. The van der Waals surface area contributed by atoms with E-state index >= 15 is 0 Å². The van der Waals surface area contributed by atoms with E-state index in [0.717, 1.165) is 34.1 Å². The fourth-order valence-electron chi connectivity index (χ4n) is 3.06. The van der Waals surface area contributed by atoms with Crippen molar-refractivity contribution in [2.45, 2.75) is 57.0 Å². The molecule has 0 spiro atoms. The highest BCUT2D eigenvalue weighted by Gasteiger charge is 2.25. The summed E-state index contributed by atoms with van der Waals surface area (Å²) in [6, 6.07) is 17.3. The molecule has 30 heavy (non-hydrogen) atoms. The molecule has 0 fully saturated rings. The second kappa shape index (κ2) is 12.7. The molecule has 2 rings (SSSR count). The molecule has 2 aromatic rings. The van der Waals surface area contributed by atoms with Crippen molar-refractivity contribution in [3.8, 4) is 0 Å². The van der Waals surface area contributed by atoms with Gasteiger partial charge < -0.3 is 10.2 Å². The van der Waals surface area contributed by atoms with Crippen LogP contribution in [0.5, 0.6) is 0 Å². The van der Waals surface area contributed by atoms with Crippen molar-refractivity contribution < 1.29 is 9.59 Å². The number of carbonyl (C=O) groups excluding carboxylic acids is 2. The first-order valence-corrected chi connectivity index (χ1v) is 11.8. The molecular weight excluding hydrogens is 416 g/mol. The SMILES string of the molecule is CC(C)NC(=O)[C@@H](C)N(CCc1ccccc1)C(=O)CCCSc1ccc(Cl)cc1. The molecule has 2 amide bonds. The van der Waals surface area contributed by atoms with E-state index in [9.17, 15) is 9.59 Å². The van der Waals surface area contributed by atoms with Crippen LogP contribution >= 0.6 is 23.4 Å². The van der Waals surface area contributed by atoms with E-state index in [4.69, 9.17) is 11.6 Å². The molecule has 0 aliphatic rings. The quantitative estimate of drug-likeness (QED) is 0.381. The molecule has 0 heterocycles. The van der Waals surface area contributed by atoms with Crippen LogP contribution in [0.25, 0.3) is 0 Å². The van der Waals surface area contributed by atoms with Gasteiger partial charge in [-0.2, -0.15) is 0 Å². The van der Waals surface area contributed by atoms with Gasteiger partial charge in [-0.3, -0.25) is 9.59 Å². The standard InChI is InChI=1S/C24H31ClN2O2S/c1-18(2)26-24(29)19(3)27(16-15-20-8-5-4-6-9-20)23(28)10-7-17-30-22-13-11-21(25)12-14-22/h4-6,8-9,11-14,18-19H,7,10,15-17H2,1-3H3,(H,26,29)/t19-/m1/s1. The summed E-state index contributed by atoms with van der Waals surface area (Å²) in [5, 5.41) is 3.64. The van der Waals surface area contributed by atoms with Crippen molar-refractivity contribution in [3.63, 3.8) is 0 Å². The number of thioether (sulfide) groups is 1. The van der Waals surface area contributed by atoms with Gasteiger partial charge in [0.15, 0.2) is 0 Å². The average Bonchev–Trinajstić information content (AvgIpc) is 2.72. The van der Waals surface area contributed by atoms with Crippen LogP contribution in [0, 0.1) is 0 Å². The van der Waals surface area contributed by atoms with Gasteiger partial charge in [-0.15, -0.1) is 11.8 Å². The molecule has 6 heteroatoms. The molecule has 0 saturated carbocycles. The Morgan fingerprint density at radius 1 is 1.03 bits per heavy atom. The fourth-order valence-corrected chi connectivity index (χ4v) is 4.04. The Bertz CT molecular complexity index is 797. The highest BCUT2D eigenvalue weighted by molar-refractivity contribution is 7.99. The van der Waals surface area contributed by atoms with Crippen LogP contribution in [0.2, 0.25) is 5.02 Å². The van der Waals surface area contributed by atoms with Crippen molar-refractivity contribution in [1.29, 1.82) is 0 Å².